The van der Waals surface area contributed by atoms with Gasteiger partial charge in [-0.2, -0.15) is 0 Å². The third-order valence-corrected chi connectivity index (χ3v) is 5.20. The van der Waals surface area contributed by atoms with Crippen molar-refractivity contribution in [3.8, 4) is 11.5 Å². The summed E-state index contributed by atoms with van der Waals surface area (Å²) < 4.78 is 11.7. The molecule has 20 heavy (non-hydrogen) atoms. The van der Waals surface area contributed by atoms with Crippen LogP contribution in [0.25, 0.3) is 0 Å². The van der Waals surface area contributed by atoms with E-state index in [0.717, 1.165) is 35.0 Å². The molecule has 112 valence electrons. The SMILES string of the molecule is COc1cc(Br)c(CNCC2(C(C)C)CC2)cc1OC. The summed E-state index contributed by atoms with van der Waals surface area (Å²) in [6, 6.07) is 4.00. The quantitative estimate of drug-likeness (QED) is 0.813. The summed E-state index contributed by atoms with van der Waals surface area (Å²) in [6.07, 6.45) is 2.70. The third kappa shape index (κ3) is 3.29. The Hall–Kier alpha value is -0.740. The molecule has 1 N–H and O–H groups in total. The third-order valence-electron chi connectivity index (χ3n) is 4.46. The van der Waals surface area contributed by atoms with Gasteiger partial charge in [0, 0.05) is 17.6 Å². The second-order valence-corrected chi connectivity index (χ2v) is 6.77. The van der Waals surface area contributed by atoms with Crippen LogP contribution < -0.4 is 14.8 Å². The first-order valence-electron chi connectivity index (χ1n) is 7.13. The first-order valence-corrected chi connectivity index (χ1v) is 7.93. The van der Waals surface area contributed by atoms with Gasteiger partial charge < -0.3 is 14.8 Å². The first-order chi connectivity index (χ1) is 9.52. The molecule has 0 aliphatic heterocycles. The van der Waals surface area contributed by atoms with Gasteiger partial charge >= 0.3 is 0 Å². The number of nitrogens with one attached hydrogen (secondary N) is 1. The van der Waals surface area contributed by atoms with E-state index in [1.165, 1.54) is 18.4 Å². The topological polar surface area (TPSA) is 30.5 Å². The molecule has 0 amide bonds. The number of halogens is 1. The molecule has 2 rings (SSSR count). The van der Waals surface area contributed by atoms with Crippen LogP contribution in [0.3, 0.4) is 0 Å². The number of hydrogen-bond acceptors (Lipinski definition) is 3. The van der Waals surface area contributed by atoms with Crippen molar-refractivity contribution in [2.24, 2.45) is 11.3 Å². The highest BCUT2D eigenvalue weighted by Crippen LogP contribution is 2.51. The molecule has 0 heterocycles. The Bertz CT molecular complexity index is 470. The van der Waals surface area contributed by atoms with E-state index < -0.39 is 0 Å². The zero-order valence-electron chi connectivity index (χ0n) is 12.8. The van der Waals surface area contributed by atoms with Gasteiger partial charge in [-0.15, -0.1) is 0 Å². The van der Waals surface area contributed by atoms with E-state index in [9.17, 15) is 0 Å². The number of methoxy groups -OCH3 is 2. The Morgan fingerprint density at radius 2 is 1.80 bits per heavy atom. The Morgan fingerprint density at radius 3 is 2.30 bits per heavy atom. The van der Waals surface area contributed by atoms with Gasteiger partial charge in [0.2, 0.25) is 0 Å². The standard InChI is InChI=1S/C16H24BrNO2/c1-11(2)16(5-6-16)10-18-9-12-7-14(19-3)15(20-4)8-13(12)17/h7-8,11,18H,5-6,9-10H2,1-4H3. The minimum atomic E-state index is 0.531. The Kier molecular flexibility index (Phi) is 4.97. The lowest BCUT2D eigenvalue weighted by atomic mass is 9.92. The largest absolute Gasteiger partial charge is 0.493 e. The summed E-state index contributed by atoms with van der Waals surface area (Å²) >= 11 is 3.60. The van der Waals surface area contributed by atoms with Crippen molar-refractivity contribution in [1.82, 2.24) is 5.32 Å². The smallest absolute Gasteiger partial charge is 0.161 e. The lowest BCUT2D eigenvalue weighted by Crippen LogP contribution is -2.27. The van der Waals surface area contributed by atoms with E-state index in [4.69, 9.17) is 9.47 Å². The maximum atomic E-state index is 5.36. The molecule has 1 aromatic carbocycles. The fourth-order valence-electron chi connectivity index (χ4n) is 2.60. The molecule has 4 heteroatoms. The number of benzene rings is 1. The molecule has 1 aromatic rings. The van der Waals surface area contributed by atoms with E-state index >= 15 is 0 Å². The van der Waals surface area contributed by atoms with Crippen molar-refractivity contribution in [2.75, 3.05) is 20.8 Å². The fourth-order valence-corrected chi connectivity index (χ4v) is 3.06. The summed E-state index contributed by atoms with van der Waals surface area (Å²) in [6.45, 7) is 6.57. The van der Waals surface area contributed by atoms with E-state index in [1.54, 1.807) is 14.2 Å². The van der Waals surface area contributed by atoms with E-state index in [0.29, 0.717) is 5.41 Å². The van der Waals surface area contributed by atoms with Gasteiger partial charge in [0.25, 0.3) is 0 Å². The average molecular weight is 342 g/mol. The van der Waals surface area contributed by atoms with Crippen LogP contribution in [0.2, 0.25) is 0 Å². The molecular weight excluding hydrogens is 318 g/mol. The predicted molar refractivity (Wildman–Crippen MR) is 85.5 cm³/mol. The van der Waals surface area contributed by atoms with Gasteiger partial charge in [-0.1, -0.05) is 29.8 Å². The first kappa shape index (κ1) is 15.6. The molecule has 1 aliphatic rings. The number of ether oxygens (including phenoxy) is 2. The van der Waals surface area contributed by atoms with Crippen molar-refractivity contribution in [1.29, 1.82) is 0 Å². The molecular formula is C16H24BrNO2. The van der Waals surface area contributed by atoms with Crippen molar-refractivity contribution in [3.63, 3.8) is 0 Å². The maximum Gasteiger partial charge on any atom is 0.161 e. The van der Waals surface area contributed by atoms with Crippen molar-refractivity contribution in [3.05, 3.63) is 22.2 Å². The van der Waals surface area contributed by atoms with E-state index in [-0.39, 0.29) is 0 Å². The summed E-state index contributed by atoms with van der Waals surface area (Å²) in [5.74, 6) is 2.28. The second kappa shape index (κ2) is 6.35. The van der Waals surface area contributed by atoms with Gasteiger partial charge in [-0.25, -0.2) is 0 Å². The molecule has 0 saturated heterocycles. The molecule has 0 unspecified atom stereocenters. The molecule has 0 radical (unpaired) electrons. The van der Waals surface area contributed by atoms with Crippen LogP contribution in [-0.4, -0.2) is 20.8 Å². The summed E-state index contributed by atoms with van der Waals surface area (Å²) in [7, 11) is 3.32. The van der Waals surface area contributed by atoms with Crippen LogP contribution in [0.4, 0.5) is 0 Å². The fraction of sp³-hybridized carbons (Fsp3) is 0.625. The molecule has 0 bridgehead atoms. The number of rotatable bonds is 7. The molecule has 0 atom stereocenters. The Labute approximate surface area is 130 Å². The summed E-state index contributed by atoms with van der Waals surface area (Å²) in [5.41, 5.74) is 1.73. The lowest BCUT2D eigenvalue weighted by Gasteiger charge is -2.20. The van der Waals surface area contributed by atoms with E-state index in [2.05, 4.69) is 35.1 Å². The monoisotopic (exact) mass is 341 g/mol. The molecule has 0 spiro atoms. The number of hydrogen-bond donors (Lipinski definition) is 1. The Morgan fingerprint density at radius 1 is 1.20 bits per heavy atom. The van der Waals surface area contributed by atoms with E-state index in [1.807, 2.05) is 12.1 Å². The summed E-state index contributed by atoms with van der Waals surface area (Å²) in [5, 5.41) is 3.59. The molecule has 3 nitrogen and oxygen atoms in total. The van der Waals surface area contributed by atoms with Crippen LogP contribution in [0, 0.1) is 11.3 Å². The highest BCUT2D eigenvalue weighted by Gasteiger charge is 2.44. The van der Waals surface area contributed by atoms with Crippen LogP contribution in [0.5, 0.6) is 11.5 Å². The minimum Gasteiger partial charge on any atom is -0.493 e. The minimum absolute atomic E-state index is 0.531. The van der Waals surface area contributed by atoms with Crippen LogP contribution in [0.1, 0.15) is 32.3 Å². The average Bonchev–Trinajstić information content (AvgIpc) is 3.21. The van der Waals surface area contributed by atoms with Gasteiger partial charge in [-0.3, -0.25) is 0 Å². The zero-order chi connectivity index (χ0) is 14.8. The van der Waals surface area contributed by atoms with Crippen LogP contribution in [0.15, 0.2) is 16.6 Å². The maximum absolute atomic E-state index is 5.36. The van der Waals surface area contributed by atoms with Gasteiger partial charge in [0.05, 0.1) is 14.2 Å². The summed E-state index contributed by atoms with van der Waals surface area (Å²) in [4.78, 5) is 0. The lowest BCUT2D eigenvalue weighted by molar-refractivity contribution is 0.336. The van der Waals surface area contributed by atoms with Crippen molar-refractivity contribution in [2.45, 2.75) is 33.2 Å². The predicted octanol–water partition coefficient (Wildman–Crippen LogP) is 3.99. The van der Waals surface area contributed by atoms with Gasteiger partial charge in [-0.05, 0) is 41.9 Å². The normalized spacial score (nSPS) is 16.3. The second-order valence-electron chi connectivity index (χ2n) is 5.92. The zero-order valence-corrected chi connectivity index (χ0v) is 14.3. The molecule has 1 saturated carbocycles. The van der Waals surface area contributed by atoms with Crippen molar-refractivity contribution >= 4 is 15.9 Å². The molecule has 0 aromatic heterocycles. The van der Waals surface area contributed by atoms with Crippen molar-refractivity contribution < 1.29 is 9.47 Å². The highest BCUT2D eigenvalue weighted by atomic mass is 79.9. The van der Waals surface area contributed by atoms with Gasteiger partial charge in [0.15, 0.2) is 11.5 Å². The molecule has 1 aliphatic carbocycles. The highest BCUT2D eigenvalue weighted by molar-refractivity contribution is 9.10. The van der Waals surface area contributed by atoms with Crippen LogP contribution in [-0.2, 0) is 6.54 Å². The van der Waals surface area contributed by atoms with Crippen LogP contribution >= 0.6 is 15.9 Å². The Balaban J connectivity index is 1.99. The van der Waals surface area contributed by atoms with Gasteiger partial charge in [0.1, 0.15) is 0 Å². The molecule has 1 fully saturated rings.